The second-order valence-electron chi connectivity index (χ2n) is 7.80. The predicted octanol–water partition coefficient (Wildman–Crippen LogP) is 1.52. The average Bonchev–Trinajstić information content (AvgIpc) is 2.82. The van der Waals surface area contributed by atoms with Gasteiger partial charge in [0.1, 0.15) is 16.5 Å². The Morgan fingerprint density at radius 1 is 1.14 bits per heavy atom. The van der Waals surface area contributed by atoms with Crippen LogP contribution < -0.4 is 21.3 Å². The van der Waals surface area contributed by atoms with E-state index in [4.69, 9.17) is 28.3 Å². The first kappa shape index (κ1) is 26.9. The first-order valence-corrected chi connectivity index (χ1v) is 11.4. The lowest BCUT2D eigenvalue weighted by atomic mass is 10.1. The largest absolute Gasteiger partial charge is 0.508 e. The molecular formula is C22H23Cl2N5O7. The van der Waals surface area contributed by atoms with Crippen molar-refractivity contribution in [3.8, 4) is 11.5 Å². The summed E-state index contributed by atoms with van der Waals surface area (Å²) in [6, 6.07) is 5.31. The fourth-order valence-corrected chi connectivity index (χ4v) is 3.81. The summed E-state index contributed by atoms with van der Waals surface area (Å²) in [5.74, 6) is -2.69. The van der Waals surface area contributed by atoms with Crippen LogP contribution >= 0.6 is 23.2 Å². The molecule has 2 amide bonds. The molecule has 8 N–H and O–H groups in total. The van der Waals surface area contributed by atoms with Gasteiger partial charge in [0, 0.05) is 30.3 Å². The lowest BCUT2D eigenvalue weighted by molar-refractivity contribution is -0.137. The summed E-state index contributed by atoms with van der Waals surface area (Å²) < 4.78 is 0. The zero-order valence-corrected chi connectivity index (χ0v) is 20.2. The average molecular weight is 540 g/mol. The summed E-state index contributed by atoms with van der Waals surface area (Å²) in [6.07, 6.45) is -0.870. The molecule has 3 rings (SSSR count). The first-order chi connectivity index (χ1) is 17.0. The molecule has 1 aliphatic heterocycles. The third-order valence-corrected chi connectivity index (χ3v) is 5.63. The molecule has 0 aromatic heterocycles. The molecular weight excluding hydrogens is 517 g/mol. The molecule has 0 saturated heterocycles. The van der Waals surface area contributed by atoms with Crippen molar-refractivity contribution in [2.45, 2.75) is 18.9 Å². The van der Waals surface area contributed by atoms with Crippen LogP contribution in [0.15, 0.2) is 29.3 Å². The Labute approximate surface area is 214 Å². The van der Waals surface area contributed by atoms with Crippen LogP contribution in [0.3, 0.4) is 0 Å². The maximum absolute atomic E-state index is 12.6. The Hall–Kier alpha value is -3.74. The smallest absolute Gasteiger partial charge is 0.303 e. The monoisotopic (exact) mass is 539 g/mol. The van der Waals surface area contributed by atoms with Crippen LogP contribution in [0, 0.1) is 0 Å². The highest BCUT2D eigenvalue weighted by Gasteiger charge is 2.19. The van der Waals surface area contributed by atoms with Crippen LogP contribution in [-0.2, 0) is 16.0 Å². The van der Waals surface area contributed by atoms with Crippen molar-refractivity contribution < 1.29 is 34.8 Å². The van der Waals surface area contributed by atoms with Crippen LogP contribution in [0.4, 0.5) is 11.4 Å². The van der Waals surface area contributed by atoms with E-state index in [1.54, 1.807) is 0 Å². The quantitative estimate of drug-likeness (QED) is 0.245. The van der Waals surface area contributed by atoms with E-state index in [9.17, 15) is 29.7 Å². The van der Waals surface area contributed by atoms with Crippen molar-refractivity contribution in [2.75, 3.05) is 30.3 Å². The fourth-order valence-electron chi connectivity index (χ4n) is 3.22. The minimum Gasteiger partial charge on any atom is -0.508 e. The fraction of sp³-hybridized carbons (Fsp3) is 0.273. The normalized spacial score (nSPS) is 14.9. The van der Waals surface area contributed by atoms with Crippen molar-refractivity contribution in [3.63, 3.8) is 0 Å². The Bertz CT molecular complexity index is 1220. The van der Waals surface area contributed by atoms with Gasteiger partial charge in [-0.3, -0.25) is 19.4 Å². The number of amides is 2. The molecule has 2 aromatic carbocycles. The van der Waals surface area contributed by atoms with Crippen LogP contribution in [-0.4, -0.2) is 69.9 Å². The first-order valence-electron chi connectivity index (χ1n) is 10.6. The van der Waals surface area contributed by atoms with Gasteiger partial charge in [-0.05, 0) is 30.2 Å². The van der Waals surface area contributed by atoms with Gasteiger partial charge in [0.2, 0.25) is 5.91 Å². The zero-order valence-electron chi connectivity index (χ0n) is 18.6. The molecule has 36 heavy (non-hydrogen) atoms. The third kappa shape index (κ3) is 7.13. The number of aliphatic carboxylic acids is 1. The lowest BCUT2D eigenvalue weighted by Gasteiger charge is -2.20. The molecule has 0 fully saturated rings. The van der Waals surface area contributed by atoms with E-state index in [-0.39, 0.29) is 52.0 Å². The van der Waals surface area contributed by atoms with Crippen LogP contribution in [0.25, 0.3) is 0 Å². The number of anilines is 2. The number of rotatable bonds is 8. The molecule has 0 bridgehead atoms. The van der Waals surface area contributed by atoms with Gasteiger partial charge in [0.25, 0.3) is 5.91 Å². The number of carboxylic acids is 1. The number of nitrogens with zero attached hydrogens (tertiary/aromatic N) is 1. The maximum Gasteiger partial charge on any atom is 0.303 e. The minimum absolute atomic E-state index is 0.0168. The molecule has 1 atom stereocenters. The number of aliphatic hydroxyl groups excluding tert-OH is 1. The maximum atomic E-state index is 12.6. The molecule has 0 spiro atoms. The second kappa shape index (κ2) is 11.8. The molecule has 0 radical (unpaired) electrons. The highest BCUT2D eigenvalue weighted by Crippen LogP contribution is 2.40. The van der Waals surface area contributed by atoms with Gasteiger partial charge in [0.05, 0.1) is 29.9 Å². The number of phenolic OH excluding ortho intramolecular Hbond substituents is 2. The SMILES string of the molecule is O=C(O)CCc1cc(Cl)c(NC(=O)CNC(=O)c2cc(O)cc(NC3=NC[C@H](O)CN3)c2)c(Cl)c1O. The number of aliphatic imine (C=N–C) groups is 1. The van der Waals surface area contributed by atoms with Gasteiger partial charge < -0.3 is 41.7 Å². The zero-order chi connectivity index (χ0) is 26.4. The number of carbonyl (C=O) groups excluding carboxylic acids is 2. The summed E-state index contributed by atoms with van der Waals surface area (Å²) >= 11 is 12.2. The predicted molar refractivity (Wildman–Crippen MR) is 133 cm³/mol. The number of hydrogen-bond donors (Lipinski definition) is 8. The van der Waals surface area contributed by atoms with Crippen molar-refractivity contribution in [1.29, 1.82) is 0 Å². The third-order valence-electron chi connectivity index (χ3n) is 4.96. The molecule has 0 saturated carbocycles. The number of aliphatic hydroxyl groups is 1. The number of hydrogen-bond acceptors (Lipinski definition) is 9. The Kier molecular flexibility index (Phi) is 8.80. The molecule has 1 heterocycles. The van der Waals surface area contributed by atoms with Crippen molar-refractivity contribution in [1.82, 2.24) is 10.6 Å². The molecule has 0 unspecified atom stereocenters. The number of carbonyl (C=O) groups is 3. The molecule has 12 nitrogen and oxygen atoms in total. The van der Waals surface area contributed by atoms with Gasteiger partial charge in [-0.15, -0.1) is 0 Å². The van der Waals surface area contributed by atoms with Crippen molar-refractivity contribution in [3.05, 3.63) is 45.4 Å². The summed E-state index contributed by atoms with van der Waals surface area (Å²) in [4.78, 5) is 39.8. The van der Waals surface area contributed by atoms with Gasteiger partial charge in [0.15, 0.2) is 5.96 Å². The minimum atomic E-state index is -1.07. The second-order valence-corrected chi connectivity index (χ2v) is 8.58. The Balaban J connectivity index is 1.62. The van der Waals surface area contributed by atoms with Crippen LogP contribution in [0.1, 0.15) is 22.3 Å². The summed E-state index contributed by atoms with van der Waals surface area (Å²) in [5.41, 5.74) is 0.518. The molecule has 0 aliphatic carbocycles. The molecule has 1 aliphatic rings. The summed E-state index contributed by atoms with van der Waals surface area (Å²) in [6.45, 7) is 0.00896. The number of halogens is 2. The van der Waals surface area contributed by atoms with E-state index in [0.717, 1.165) is 0 Å². The van der Waals surface area contributed by atoms with Gasteiger partial charge >= 0.3 is 5.97 Å². The number of phenols is 2. The van der Waals surface area contributed by atoms with E-state index < -0.39 is 36.2 Å². The van der Waals surface area contributed by atoms with E-state index >= 15 is 0 Å². The number of guanidine groups is 1. The van der Waals surface area contributed by atoms with E-state index in [1.165, 1.54) is 24.3 Å². The van der Waals surface area contributed by atoms with Crippen molar-refractivity contribution in [2.24, 2.45) is 4.99 Å². The number of carboxylic acid groups (broad SMARTS) is 1. The Morgan fingerprint density at radius 3 is 2.56 bits per heavy atom. The van der Waals surface area contributed by atoms with E-state index in [1.807, 2.05) is 0 Å². The number of nitrogens with one attached hydrogen (secondary N) is 4. The lowest BCUT2D eigenvalue weighted by Crippen LogP contribution is -2.42. The number of β-amino-alcohol motifs (C(OH)–C–C–N with tert-alkyl or cyclic N) is 1. The van der Waals surface area contributed by atoms with Crippen LogP contribution in [0.2, 0.25) is 10.0 Å². The topological polar surface area (TPSA) is 193 Å². The van der Waals surface area contributed by atoms with Crippen molar-refractivity contribution >= 4 is 58.3 Å². The summed E-state index contributed by atoms with van der Waals surface area (Å²) in [7, 11) is 0. The standard InChI is InChI=1S/C22H23Cl2N5O7/c23-15-5-10(1-2-17(33)34)20(35)18(24)19(15)29-16(32)9-25-21(36)11-3-12(6-13(30)4-11)28-22-26-7-14(31)8-27-22/h3-6,14,30-31,35H,1-2,7-9H2,(H,25,36)(H,29,32)(H,33,34)(H2,26,27,28). The highest BCUT2D eigenvalue weighted by atomic mass is 35.5. The summed E-state index contributed by atoms with van der Waals surface area (Å²) in [5, 5.41) is 48.8. The number of aromatic hydroxyl groups is 2. The molecule has 2 aromatic rings. The number of aryl methyl sites for hydroxylation is 1. The van der Waals surface area contributed by atoms with Gasteiger partial charge in [-0.25, -0.2) is 0 Å². The number of benzene rings is 2. The van der Waals surface area contributed by atoms with Gasteiger partial charge in [-0.2, -0.15) is 0 Å². The molecule has 14 heteroatoms. The molecule has 192 valence electrons. The van der Waals surface area contributed by atoms with Crippen LogP contribution in [0.5, 0.6) is 11.5 Å². The van der Waals surface area contributed by atoms with E-state index in [0.29, 0.717) is 18.2 Å². The van der Waals surface area contributed by atoms with Gasteiger partial charge in [-0.1, -0.05) is 23.2 Å². The Morgan fingerprint density at radius 2 is 1.89 bits per heavy atom. The highest BCUT2D eigenvalue weighted by molar-refractivity contribution is 6.41. The van der Waals surface area contributed by atoms with E-state index in [2.05, 4.69) is 26.3 Å².